The molecule has 0 fully saturated rings. The van der Waals surface area contributed by atoms with E-state index in [0.717, 1.165) is 5.75 Å². The maximum absolute atomic E-state index is 6.50. The molecule has 1 aliphatic rings. The van der Waals surface area contributed by atoms with Gasteiger partial charge in [-0.3, -0.25) is 0 Å². The summed E-state index contributed by atoms with van der Waals surface area (Å²) in [6, 6.07) is 14.7. The highest BCUT2D eigenvalue weighted by Crippen LogP contribution is 2.40. The second-order valence-corrected chi connectivity index (χ2v) is 5.34. The molecule has 0 bridgehead atoms. The van der Waals surface area contributed by atoms with Gasteiger partial charge in [0.1, 0.15) is 5.75 Å². The molecular formula is C17H19NO. The van der Waals surface area contributed by atoms with Gasteiger partial charge in [0, 0.05) is 17.5 Å². The lowest BCUT2D eigenvalue weighted by Crippen LogP contribution is -2.22. The molecule has 0 aromatic heterocycles. The van der Waals surface area contributed by atoms with E-state index in [4.69, 9.17) is 10.5 Å². The first-order valence-electron chi connectivity index (χ1n) is 6.71. The van der Waals surface area contributed by atoms with Crippen molar-refractivity contribution in [2.75, 3.05) is 6.61 Å². The van der Waals surface area contributed by atoms with E-state index in [1.807, 2.05) is 12.1 Å². The maximum Gasteiger partial charge on any atom is 0.122 e. The van der Waals surface area contributed by atoms with Crippen LogP contribution in [0.4, 0.5) is 0 Å². The zero-order chi connectivity index (χ0) is 13.4. The summed E-state index contributed by atoms with van der Waals surface area (Å²) in [5.74, 6) is 1.23. The predicted molar refractivity (Wildman–Crippen MR) is 77.5 cm³/mol. The van der Waals surface area contributed by atoms with Crippen molar-refractivity contribution in [1.29, 1.82) is 0 Å². The van der Waals surface area contributed by atoms with Crippen LogP contribution in [0.1, 0.15) is 34.2 Å². The number of ether oxygens (including phenoxy) is 1. The minimum Gasteiger partial charge on any atom is -0.493 e. The predicted octanol–water partition coefficient (Wildman–Crippen LogP) is 3.48. The van der Waals surface area contributed by atoms with Crippen LogP contribution in [0.15, 0.2) is 42.5 Å². The number of benzene rings is 2. The Hall–Kier alpha value is -1.80. The molecule has 3 rings (SSSR count). The molecular weight excluding hydrogens is 234 g/mol. The molecule has 0 aliphatic carbocycles. The van der Waals surface area contributed by atoms with Crippen LogP contribution in [0.3, 0.4) is 0 Å². The first-order chi connectivity index (χ1) is 9.16. The van der Waals surface area contributed by atoms with E-state index >= 15 is 0 Å². The van der Waals surface area contributed by atoms with Crippen LogP contribution < -0.4 is 10.5 Å². The van der Waals surface area contributed by atoms with Crippen molar-refractivity contribution in [3.8, 4) is 5.75 Å². The molecule has 2 heteroatoms. The normalized spacial score (nSPS) is 18.8. The Kier molecular flexibility index (Phi) is 3.03. The molecule has 2 aromatic rings. The Balaban J connectivity index is 1.97. The van der Waals surface area contributed by atoms with Crippen LogP contribution in [0.5, 0.6) is 5.75 Å². The summed E-state index contributed by atoms with van der Waals surface area (Å²) in [7, 11) is 0. The lowest BCUT2D eigenvalue weighted by atomic mass is 9.86. The van der Waals surface area contributed by atoms with Crippen LogP contribution >= 0.6 is 0 Å². The van der Waals surface area contributed by atoms with E-state index in [9.17, 15) is 0 Å². The van der Waals surface area contributed by atoms with E-state index in [1.165, 1.54) is 22.3 Å². The zero-order valence-electron chi connectivity index (χ0n) is 11.4. The third kappa shape index (κ3) is 2.13. The molecule has 1 heterocycles. The molecule has 2 unspecified atom stereocenters. The van der Waals surface area contributed by atoms with Crippen molar-refractivity contribution in [2.24, 2.45) is 5.73 Å². The van der Waals surface area contributed by atoms with Gasteiger partial charge in [0.15, 0.2) is 0 Å². The summed E-state index contributed by atoms with van der Waals surface area (Å²) in [5, 5.41) is 0. The second kappa shape index (κ2) is 4.71. The van der Waals surface area contributed by atoms with Gasteiger partial charge in [-0.2, -0.15) is 0 Å². The summed E-state index contributed by atoms with van der Waals surface area (Å²) >= 11 is 0. The highest BCUT2D eigenvalue weighted by atomic mass is 16.5. The van der Waals surface area contributed by atoms with E-state index in [0.29, 0.717) is 6.61 Å². The highest BCUT2D eigenvalue weighted by molar-refractivity contribution is 5.43. The monoisotopic (exact) mass is 253 g/mol. The molecule has 2 atom stereocenters. The Morgan fingerprint density at radius 2 is 1.95 bits per heavy atom. The first kappa shape index (κ1) is 12.2. The maximum atomic E-state index is 6.50. The summed E-state index contributed by atoms with van der Waals surface area (Å²) in [6.45, 7) is 4.90. The Morgan fingerprint density at radius 1 is 1.16 bits per heavy atom. The summed E-state index contributed by atoms with van der Waals surface area (Å²) in [6.07, 6.45) is 0. The lowest BCUT2D eigenvalue weighted by molar-refractivity contribution is 0.315. The van der Waals surface area contributed by atoms with Crippen molar-refractivity contribution in [1.82, 2.24) is 0 Å². The van der Waals surface area contributed by atoms with Gasteiger partial charge in [0.2, 0.25) is 0 Å². The smallest absolute Gasteiger partial charge is 0.122 e. The topological polar surface area (TPSA) is 35.2 Å². The quantitative estimate of drug-likeness (QED) is 0.889. The van der Waals surface area contributed by atoms with Crippen molar-refractivity contribution in [3.05, 3.63) is 64.7 Å². The molecule has 98 valence electrons. The van der Waals surface area contributed by atoms with E-state index in [2.05, 4.69) is 44.2 Å². The third-order valence-electron chi connectivity index (χ3n) is 3.96. The minimum absolute atomic E-state index is 0.0106. The lowest BCUT2D eigenvalue weighted by Gasteiger charge is -2.21. The number of aryl methyl sites for hydroxylation is 2. The number of hydrogen-bond donors (Lipinski definition) is 1. The fourth-order valence-electron chi connectivity index (χ4n) is 2.82. The van der Waals surface area contributed by atoms with Gasteiger partial charge in [0.05, 0.1) is 6.61 Å². The van der Waals surface area contributed by atoms with Crippen LogP contribution in [-0.4, -0.2) is 6.61 Å². The minimum atomic E-state index is -0.0106. The number of rotatable bonds is 2. The van der Waals surface area contributed by atoms with Gasteiger partial charge >= 0.3 is 0 Å². The van der Waals surface area contributed by atoms with Crippen LogP contribution in [-0.2, 0) is 0 Å². The van der Waals surface area contributed by atoms with Gasteiger partial charge in [-0.1, -0.05) is 42.0 Å². The fourth-order valence-corrected chi connectivity index (χ4v) is 2.82. The molecule has 2 N–H and O–H groups in total. The molecule has 0 amide bonds. The molecule has 19 heavy (non-hydrogen) atoms. The molecule has 0 radical (unpaired) electrons. The summed E-state index contributed by atoms with van der Waals surface area (Å²) in [4.78, 5) is 0. The fraction of sp³-hybridized carbons (Fsp3) is 0.294. The average Bonchev–Trinajstić information content (AvgIpc) is 2.84. The van der Waals surface area contributed by atoms with Gasteiger partial charge < -0.3 is 10.5 Å². The summed E-state index contributed by atoms with van der Waals surface area (Å²) in [5.41, 5.74) is 11.5. The van der Waals surface area contributed by atoms with E-state index in [1.54, 1.807) is 0 Å². The number of hydrogen-bond acceptors (Lipinski definition) is 2. The standard InChI is InChI=1S/C17H19NO/c1-11-7-8-12(2)14(9-11)17(18)15-10-19-16-6-4-3-5-13(15)16/h3-9,15,17H,10,18H2,1-2H3. The molecule has 2 aromatic carbocycles. The Labute approximate surface area is 114 Å². The van der Waals surface area contributed by atoms with Crippen molar-refractivity contribution < 1.29 is 4.74 Å². The Morgan fingerprint density at radius 3 is 2.79 bits per heavy atom. The number of para-hydroxylation sites is 1. The number of nitrogens with two attached hydrogens (primary N) is 1. The largest absolute Gasteiger partial charge is 0.493 e. The van der Waals surface area contributed by atoms with Crippen LogP contribution in [0.2, 0.25) is 0 Å². The first-order valence-corrected chi connectivity index (χ1v) is 6.71. The summed E-state index contributed by atoms with van der Waals surface area (Å²) < 4.78 is 5.74. The highest BCUT2D eigenvalue weighted by Gasteiger charge is 2.30. The van der Waals surface area contributed by atoms with Crippen LogP contribution in [0, 0.1) is 13.8 Å². The van der Waals surface area contributed by atoms with Gasteiger partial charge in [-0.25, -0.2) is 0 Å². The third-order valence-corrected chi connectivity index (χ3v) is 3.96. The number of fused-ring (bicyclic) bond motifs is 1. The van der Waals surface area contributed by atoms with Gasteiger partial charge in [-0.15, -0.1) is 0 Å². The van der Waals surface area contributed by atoms with Gasteiger partial charge in [0.25, 0.3) is 0 Å². The van der Waals surface area contributed by atoms with Gasteiger partial charge in [-0.05, 0) is 31.0 Å². The van der Waals surface area contributed by atoms with Crippen LogP contribution in [0.25, 0.3) is 0 Å². The Bertz CT molecular complexity index is 606. The van der Waals surface area contributed by atoms with Crippen molar-refractivity contribution >= 4 is 0 Å². The molecule has 0 saturated heterocycles. The molecule has 1 aliphatic heterocycles. The van der Waals surface area contributed by atoms with E-state index < -0.39 is 0 Å². The van der Waals surface area contributed by atoms with Crippen molar-refractivity contribution in [2.45, 2.75) is 25.8 Å². The molecule has 0 spiro atoms. The SMILES string of the molecule is Cc1ccc(C)c(C(N)C2COc3ccccc32)c1. The molecule has 0 saturated carbocycles. The molecule has 2 nitrogen and oxygen atoms in total. The van der Waals surface area contributed by atoms with Crippen molar-refractivity contribution in [3.63, 3.8) is 0 Å². The second-order valence-electron chi connectivity index (χ2n) is 5.34. The average molecular weight is 253 g/mol. The zero-order valence-corrected chi connectivity index (χ0v) is 11.4. The van der Waals surface area contributed by atoms with E-state index in [-0.39, 0.29) is 12.0 Å².